The first-order chi connectivity index (χ1) is 12.1. The Kier molecular flexibility index (Phi) is 5.17. The van der Waals surface area contributed by atoms with Gasteiger partial charge in [-0.25, -0.2) is 4.79 Å². The van der Waals surface area contributed by atoms with Gasteiger partial charge in [-0.15, -0.1) is 0 Å². The van der Waals surface area contributed by atoms with E-state index in [1.807, 2.05) is 25.3 Å². The van der Waals surface area contributed by atoms with E-state index in [0.717, 1.165) is 12.8 Å². The molecule has 1 aromatic heterocycles. The molecule has 0 radical (unpaired) electrons. The minimum Gasteiger partial charge on any atom is -0.326 e. The number of hydrogen-bond donors (Lipinski definition) is 1. The normalized spacial score (nSPS) is 24.2. The summed E-state index contributed by atoms with van der Waals surface area (Å²) < 4.78 is 0. The van der Waals surface area contributed by atoms with Crippen molar-refractivity contribution < 1.29 is 9.59 Å². The molecule has 3 amide bonds. The van der Waals surface area contributed by atoms with Gasteiger partial charge in [-0.3, -0.25) is 9.78 Å². The first-order valence-electron chi connectivity index (χ1n) is 8.73. The predicted octanol–water partition coefficient (Wildman–Crippen LogP) is 1.48. The lowest BCUT2D eigenvalue weighted by molar-refractivity contribution is -0.129. The van der Waals surface area contributed by atoms with E-state index < -0.39 is 6.04 Å². The minimum absolute atomic E-state index is 0.0197. The number of aromatic nitrogens is 1. The predicted molar refractivity (Wildman–Crippen MR) is 91.5 cm³/mol. The van der Waals surface area contributed by atoms with Gasteiger partial charge in [0.05, 0.1) is 6.07 Å². The molecule has 2 unspecified atom stereocenters. The molecule has 0 bridgehead atoms. The number of carbonyl (C=O) groups excluding carboxylic acids is 2. The number of piperidine rings is 1. The van der Waals surface area contributed by atoms with Crippen LogP contribution in [-0.4, -0.2) is 58.4 Å². The summed E-state index contributed by atoms with van der Waals surface area (Å²) in [6.45, 7) is 3.32. The molecule has 3 heterocycles. The second kappa shape index (κ2) is 7.51. The maximum absolute atomic E-state index is 12.5. The lowest BCUT2D eigenvalue weighted by Gasteiger charge is -2.32. The third kappa shape index (κ3) is 3.73. The molecule has 25 heavy (non-hydrogen) atoms. The second-order valence-electron chi connectivity index (χ2n) is 6.76. The number of amides is 3. The summed E-state index contributed by atoms with van der Waals surface area (Å²) in [4.78, 5) is 32.2. The first kappa shape index (κ1) is 17.2. The number of nitriles is 1. The number of nitrogens with one attached hydrogen (secondary N) is 1. The van der Waals surface area contributed by atoms with Gasteiger partial charge in [-0.2, -0.15) is 5.26 Å². The second-order valence-corrected chi connectivity index (χ2v) is 6.76. The molecule has 2 aliphatic rings. The summed E-state index contributed by atoms with van der Waals surface area (Å²) in [5.41, 5.74) is 1.22. The molecule has 7 nitrogen and oxygen atoms in total. The van der Waals surface area contributed by atoms with Crippen molar-refractivity contribution in [2.75, 3.05) is 19.6 Å². The molecule has 2 atom stereocenters. The third-order valence-electron chi connectivity index (χ3n) is 5.17. The van der Waals surface area contributed by atoms with Crippen LogP contribution in [0.25, 0.3) is 0 Å². The van der Waals surface area contributed by atoms with Crippen LogP contribution in [0.2, 0.25) is 0 Å². The van der Waals surface area contributed by atoms with E-state index >= 15 is 0 Å². The molecule has 0 saturated carbocycles. The topological polar surface area (TPSA) is 89.3 Å². The SMILES string of the molecule is CC1CC(NC(=O)N2CCC(c3cccnc3)CC2)C(=O)N1CC#N. The smallest absolute Gasteiger partial charge is 0.318 e. The molecular weight excluding hydrogens is 318 g/mol. The standard InChI is InChI=1S/C18H23N5O2/c1-13-11-16(17(24)23(13)10-6-19)21-18(25)22-8-4-14(5-9-22)15-3-2-7-20-12-15/h2-3,7,12-14,16H,4-5,8-11H2,1H3,(H,21,25). The Labute approximate surface area is 147 Å². The Morgan fingerprint density at radius 3 is 2.84 bits per heavy atom. The monoisotopic (exact) mass is 341 g/mol. The highest BCUT2D eigenvalue weighted by molar-refractivity contribution is 5.89. The first-order valence-corrected chi connectivity index (χ1v) is 8.73. The molecular formula is C18H23N5O2. The van der Waals surface area contributed by atoms with Crippen LogP contribution >= 0.6 is 0 Å². The summed E-state index contributed by atoms with van der Waals surface area (Å²) in [6, 6.07) is 5.30. The van der Waals surface area contributed by atoms with Crippen molar-refractivity contribution in [2.24, 2.45) is 0 Å². The quantitative estimate of drug-likeness (QED) is 0.844. The number of carbonyl (C=O) groups is 2. The zero-order chi connectivity index (χ0) is 17.8. The number of likely N-dealkylation sites (tertiary alicyclic amines) is 2. The van der Waals surface area contributed by atoms with Gasteiger partial charge in [-0.05, 0) is 43.7 Å². The van der Waals surface area contributed by atoms with E-state index in [1.54, 1.807) is 11.1 Å². The summed E-state index contributed by atoms with van der Waals surface area (Å²) in [5, 5.41) is 11.7. The summed E-state index contributed by atoms with van der Waals surface area (Å²) in [7, 11) is 0. The number of nitrogens with zero attached hydrogens (tertiary/aromatic N) is 4. The van der Waals surface area contributed by atoms with Crippen molar-refractivity contribution in [2.45, 2.75) is 44.2 Å². The average Bonchev–Trinajstić information content (AvgIpc) is 2.90. The van der Waals surface area contributed by atoms with Crippen LogP contribution in [0.3, 0.4) is 0 Å². The van der Waals surface area contributed by atoms with E-state index in [4.69, 9.17) is 5.26 Å². The zero-order valence-corrected chi connectivity index (χ0v) is 14.4. The molecule has 7 heteroatoms. The number of rotatable bonds is 3. The van der Waals surface area contributed by atoms with Crippen LogP contribution in [-0.2, 0) is 4.79 Å². The fraction of sp³-hybridized carbons (Fsp3) is 0.556. The number of urea groups is 1. The van der Waals surface area contributed by atoms with Crippen molar-refractivity contribution in [3.05, 3.63) is 30.1 Å². The average molecular weight is 341 g/mol. The van der Waals surface area contributed by atoms with Crippen molar-refractivity contribution >= 4 is 11.9 Å². The number of pyridine rings is 1. The van der Waals surface area contributed by atoms with Gasteiger partial charge in [0.2, 0.25) is 5.91 Å². The maximum Gasteiger partial charge on any atom is 0.318 e. The van der Waals surface area contributed by atoms with Gasteiger partial charge in [0.25, 0.3) is 0 Å². The number of hydrogen-bond acceptors (Lipinski definition) is 4. The van der Waals surface area contributed by atoms with E-state index in [-0.39, 0.29) is 24.5 Å². The highest BCUT2D eigenvalue weighted by Crippen LogP contribution is 2.27. The van der Waals surface area contributed by atoms with Gasteiger partial charge in [0.1, 0.15) is 12.6 Å². The Balaban J connectivity index is 1.52. The third-order valence-corrected chi connectivity index (χ3v) is 5.17. The summed E-state index contributed by atoms with van der Waals surface area (Å²) in [5.74, 6) is 0.268. The van der Waals surface area contributed by atoms with Gasteiger partial charge in [0, 0.05) is 31.5 Å². The van der Waals surface area contributed by atoms with Crippen LogP contribution in [0, 0.1) is 11.3 Å². The van der Waals surface area contributed by atoms with Gasteiger partial charge < -0.3 is 15.1 Å². The van der Waals surface area contributed by atoms with Crippen molar-refractivity contribution in [1.82, 2.24) is 20.1 Å². The van der Waals surface area contributed by atoms with Crippen molar-refractivity contribution in [3.8, 4) is 6.07 Å². The Morgan fingerprint density at radius 2 is 2.20 bits per heavy atom. The molecule has 3 rings (SSSR count). The molecule has 1 N–H and O–H groups in total. The largest absolute Gasteiger partial charge is 0.326 e. The Morgan fingerprint density at radius 1 is 1.44 bits per heavy atom. The molecule has 2 saturated heterocycles. The molecule has 0 aromatic carbocycles. The van der Waals surface area contributed by atoms with E-state index in [1.165, 1.54) is 10.5 Å². The molecule has 0 aliphatic carbocycles. The Bertz CT molecular complexity index is 664. The minimum atomic E-state index is -0.521. The van der Waals surface area contributed by atoms with Crippen LogP contribution in [0.5, 0.6) is 0 Å². The van der Waals surface area contributed by atoms with Gasteiger partial charge in [0.15, 0.2) is 0 Å². The fourth-order valence-electron chi connectivity index (χ4n) is 3.69. The molecule has 132 valence electrons. The van der Waals surface area contributed by atoms with Gasteiger partial charge in [-0.1, -0.05) is 6.07 Å². The van der Waals surface area contributed by atoms with Crippen LogP contribution < -0.4 is 5.32 Å². The van der Waals surface area contributed by atoms with Crippen LogP contribution in [0.15, 0.2) is 24.5 Å². The summed E-state index contributed by atoms with van der Waals surface area (Å²) in [6.07, 6.45) is 6.01. The van der Waals surface area contributed by atoms with Crippen molar-refractivity contribution in [3.63, 3.8) is 0 Å². The molecule has 1 aromatic rings. The van der Waals surface area contributed by atoms with E-state index in [2.05, 4.69) is 16.4 Å². The molecule has 2 aliphatic heterocycles. The van der Waals surface area contributed by atoms with Crippen molar-refractivity contribution in [1.29, 1.82) is 5.26 Å². The zero-order valence-electron chi connectivity index (χ0n) is 14.4. The highest BCUT2D eigenvalue weighted by atomic mass is 16.2. The lowest BCUT2D eigenvalue weighted by Crippen LogP contribution is -2.50. The fourth-order valence-corrected chi connectivity index (χ4v) is 3.69. The molecule has 0 spiro atoms. The van der Waals surface area contributed by atoms with Crippen LogP contribution in [0.1, 0.15) is 37.7 Å². The lowest BCUT2D eigenvalue weighted by atomic mass is 9.91. The van der Waals surface area contributed by atoms with Gasteiger partial charge >= 0.3 is 6.03 Å². The summed E-state index contributed by atoms with van der Waals surface area (Å²) >= 11 is 0. The Hall–Kier alpha value is -2.62. The van der Waals surface area contributed by atoms with E-state index in [9.17, 15) is 9.59 Å². The highest BCUT2D eigenvalue weighted by Gasteiger charge is 2.38. The maximum atomic E-state index is 12.5. The van der Waals surface area contributed by atoms with Crippen LogP contribution in [0.4, 0.5) is 4.79 Å². The van der Waals surface area contributed by atoms with E-state index in [0.29, 0.717) is 25.4 Å². The molecule has 2 fully saturated rings.